The summed E-state index contributed by atoms with van der Waals surface area (Å²) in [6.07, 6.45) is 13.7. The van der Waals surface area contributed by atoms with E-state index in [4.69, 9.17) is 0 Å². The number of hydrogen-bond donors (Lipinski definition) is 2. The summed E-state index contributed by atoms with van der Waals surface area (Å²) in [7, 11) is 0. The Morgan fingerprint density at radius 2 is 1.52 bits per heavy atom. The number of carbonyl (C=O) groups is 1. The van der Waals surface area contributed by atoms with E-state index in [1.807, 2.05) is 19.1 Å². The number of rotatable bonds is 9. The van der Waals surface area contributed by atoms with Crippen LogP contribution in [0.5, 0.6) is 0 Å². The molecule has 44 heavy (non-hydrogen) atoms. The van der Waals surface area contributed by atoms with Crippen LogP contribution in [0.1, 0.15) is 59.7 Å². The van der Waals surface area contributed by atoms with Gasteiger partial charge in [0.05, 0.1) is 5.69 Å². The number of H-pyrrole nitrogens is 1. The third-order valence-corrected chi connectivity index (χ3v) is 9.27. The Morgan fingerprint density at radius 1 is 0.932 bits per heavy atom. The van der Waals surface area contributed by atoms with Crippen LogP contribution in [0.4, 0.5) is 5.69 Å². The molecule has 1 aliphatic carbocycles. The van der Waals surface area contributed by atoms with E-state index in [-0.39, 0.29) is 11.0 Å². The maximum absolute atomic E-state index is 12.4. The zero-order valence-corrected chi connectivity index (χ0v) is 25.4. The maximum atomic E-state index is 12.4. The van der Waals surface area contributed by atoms with Crippen molar-refractivity contribution < 1.29 is 9.90 Å². The predicted octanol–water partition coefficient (Wildman–Crippen LogP) is 7.00. The molecule has 3 aromatic carbocycles. The molecule has 2 N–H and O–H groups in total. The van der Waals surface area contributed by atoms with Crippen LogP contribution in [0.25, 0.3) is 11.3 Å². The highest BCUT2D eigenvalue weighted by Gasteiger charge is 2.51. The molecule has 2 heterocycles. The number of aryl methyl sites for hydroxylation is 1. The van der Waals surface area contributed by atoms with E-state index in [2.05, 4.69) is 100 Å². The number of anilines is 1. The number of carboxylic acids is 1. The van der Waals surface area contributed by atoms with Crippen LogP contribution in [-0.2, 0) is 19.5 Å². The monoisotopic (exact) mass is 587 g/mol. The molecular formula is C38H41N3O3. The summed E-state index contributed by atoms with van der Waals surface area (Å²) in [4.78, 5) is 31.9. The van der Waals surface area contributed by atoms with Crippen molar-refractivity contribution in [3.05, 3.63) is 124 Å². The molecule has 0 radical (unpaired) electrons. The Morgan fingerprint density at radius 3 is 2.07 bits per heavy atom. The number of nitrogens with one attached hydrogen (secondary N) is 1. The van der Waals surface area contributed by atoms with Gasteiger partial charge in [0, 0.05) is 43.3 Å². The SMILES string of the molecule is C#C.CCc1cc(C(=O)O)c(=O)[nH]c1-c1ccc(N2CC3(CCCC[C@H]3N(Cc3ccccc3)Cc3ccccc3)C2)cc1. The Bertz CT molecular complexity index is 1580. The van der Waals surface area contributed by atoms with Gasteiger partial charge in [-0.25, -0.2) is 4.79 Å². The highest BCUT2D eigenvalue weighted by Crippen LogP contribution is 2.48. The molecule has 4 aromatic rings. The van der Waals surface area contributed by atoms with Crippen LogP contribution in [0.2, 0.25) is 0 Å². The average Bonchev–Trinajstić information content (AvgIpc) is 3.05. The minimum atomic E-state index is -1.20. The number of pyridine rings is 1. The van der Waals surface area contributed by atoms with Gasteiger partial charge in [-0.3, -0.25) is 9.69 Å². The number of aromatic amines is 1. The first kappa shape index (κ1) is 30.8. The van der Waals surface area contributed by atoms with Crippen LogP contribution in [0.15, 0.2) is 95.8 Å². The largest absolute Gasteiger partial charge is 0.477 e. The Kier molecular flexibility index (Phi) is 9.67. The van der Waals surface area contributed by atoms with Crippen molar-refractivity contribution >= 4 is 11.7 Å². The highest BCUT2D eigenvalue weighted by molar-refractivity contribution is 5.88. The van der Waals surface area contributed by atoms with Gasteiger partial charge in [-0.05, 0) is 59.7 Å². The van der Waals surface area contributed by atoms with Crippen molar-refractivity contribution in [2.75, 3.05) is 18.0 Å². The van der Waals surface area contributed by atoms with Crippen molar-refractivity contribution in [1.29, 1.82) is 0 Å². The highest BCUT2D eigenvalue weighted by atomic mass is 16.4. The van der Waals surface area contributed by atoms with Gasteiger partial charge in [0.1, 0.15) is 5.56 Å². The normalized spacial score (nSPS) is 17.0. The molecule has 2 aliphatic rings. The second kappa shape index (κ2) is 13.8. The molecule has 1 aromatic heterocycles. The molecule has 6 heteroatoms. The Labute approximate surface area is 260 Å². The number of terminal acetylenes is 1. The summed E-state index contributed by atoms with van der Waals surface area (Å²) in [6.45, 7) is 5.96. The topological polar surface area (TPSA) is 76.6 Å². The number of benzene rings is 3. The Balaban J connectivity index is 0.00000188. The van der Waals surface area contributed by atoms with Crippen LogP contribution in [0, 0.1) is 18.3 Å². The predicted molar refractivity (Wildman–Crippen MR) is 178 cm³/mol. The molecule has 6 rings (SSSR count). The van der Waals surface area contributed by atoms with Crippen LogP contribution in [0.3, 0.4) is 0 Å². The molecule has 1 spiro atoms. The third kappa shape index (κ3) is 6.49. The number of aromatic carboxylic acids is 1. The fraction of sp³-hybridized carbons (Fsp3) is 0.316. The zero-order chi connectivity index (χ0) is 31.1. The summed E-state index contributed by atoms with van der Waals surface area (Å²) >= 11 is 0. The molecule has 1 aliphatic heterocycles. The molecule has 0 unspecified atom stereocenters. The van der Waals surface area contributed by atoms with E-state index < -0.39 is 11.5 Å². The van der Waals surface area contributed by atoms with Gasteiger partial charge >= 0.3 is 5.97 Å². The maximum Gasteiger partial charge on any atom is 0.341 e. The average molecular weight is 588 g/mol. The van der Waals surface area contributed by atoms with Crippen LogP contribution in [-0.4, -0.2) is 40.1 Å². The van der Waals surface area contributed by atoms with E-state index >= 15 is 0 Å². The molecule has 1 saturated carbocycles. The molecule has 226 valence electrons. The van der Waals surface area contributed by atoms with E-state index in [0.717, 1.165) is 37.3 Å². The first-order chi connectivity index (χ1) is 21.5. The third-order valence-electron chi connectivity index (χ3n) is 9.27. The zero-order valence-electron chi connectivity index (χ0n) is 25.4. The molecular weight excluding hydrogens is 546 g/mol. The minimum absolute atomic E-state index is 0.214. The number of aromatic nitrogens is 1. The van der Waals surface area contributed by atoms with E-state index in [9.17, 15) is 14.7 Å². The van der Waals surface area contributed by atoms with Crippen LogP contribution >= 0.6 is 0 Å². The van der Waals surface area contributed by atoms with Crippen molar-refractivity contribution in [1.82, 2.24) is 9.88 Å². The summed E-state index contributed by atoms with van der Waals surface area (Å²) < 4.78 is 0. The van der Waals surface area contributed by atoms with Gasteiger partial charge in [-0.15, -0.1) is 12.8 Å². The van der Waals surface area contributed by atoms with Crippen molar-refractivity contribution in [3.63, 3.8) is 0 Å². The van der Waals surface area contributed by atoms with Gasteiger partial charge in [0.2, 0.25) is 0 Å². The molecule has 1 atom stereocenters. The van der Waals surface area contributed by atoms with Gasteiger partial charge in [0.25, 0.3) is 5.56 Å². The summed E-state index contributed by atoms with van der Waals surface area (Å²) in [5.74, 6) is -1.20. The Hall–Kier alpha value is -4.60. The second-order valence-electron chi connectivity index (χ2n) is 12.0. The van der Waals surface area contributed by atoms with Gasteiger partial charge in [-0.1, -0.05) is 92.6 Å². The molecule has 6 nitrogen and oxygen atoms in total. The summed E-state index contributed by atoms with van der Waals surface area (Å²) in [5.41, 5.74) is 5.82. The fourth-order valence-electron chi connectivity index (χ4n) is 7.14. The lowest BCUT2D eigenvalue weighted by atomic mass is 9.64. The van der Waals surface area contributed by atoms with Gasteiger partial charge < -0.3 is 15.0 Å². The first-order valence-electron chi connectivity index (χ1n) is 15.5. The van der Waals surface area contributed by atoms with Gasteiger partial charge in [0.15, 0.2) is 0 Å². The summed E-state index contributed by atoms with van der Waals surface area (Å²) in [5, 5.41) is 9.36. The van der Waals surface area contributed by atoms with Crippen molar-refractivity contribution in [3.8, 4) is 24.1 Å². The number of nitrogens with zero attached hydrogens (tertiary/aromatic N) is 2. The van der Waals surface area contributed by atoms with Crippen LogP contribution < -0.4 is 10.5 Å². The lowest BCUT2D eigenvalue weighted by Crippen LogP contribution is -2.66. The summed E-state index contributed by atoms with van der Waals surface area (Å²) in [6, 6.07) is 32.1. The lowest BCUT2D eigenvalue weighted by Gasteiger charge is -2.60. The first-order valence-corrected chi connectivity index (χ1v) is 15.5. The number of carboxylic acid groups (broad SMARTS) is 1. The lowest BCUT2D eigenvalue weighted by molar-refractivity contribution is -0.00747. The van der Waals surface area contributed by atoms with Crippen molar-refractivity contribution in [2.24, 2.45) is 5.41 Å². The molecule has 0 bridgehead atoms. The second-order valence-corrected chi connectivity index (χ2v) is 12.0. The quantitative estimate of drug-likeness (QED) is 0.206. The smallest absolute Gasteiger partial charge is 0.341 e. The van der Waals surface area contributed by atoms with Crippen molar-refractivity contribution in [2.45, 2.75) is 58.2 Å². The molecule has 0 amide bonds. The van der Waals surface area contributed by atoms with Gasteiger partial charge in [-0.2, -0.15) is 0 Å². The minimum Gasteiger partial charge on any atom is -0.477 e. The van der Waals surface area contributed by atoms with E-state index in [1.165, 1.54) is 48.6 Å². The van der Waals surface area contributed by atoms with E-state index in [1.54, 1.807) is 0 Å². The molecule has 2 fully saturated rings. The molecule has 1 saturated heterocycles. The van der Waals surface area contributed by atoms with E-state index in [0.29, 0.717) is 18.2 Å². The number of hydrogen-bond acceptors (Lipinski definition) is 4. The fourth-order valence-corrected chi connectivity index (χ4v) is 7.14. The standard InChI is InChI=1S/C36H39N3O3.C2H2/c1-2-28-21-31(35(41)42)34(40)37-33(28)29-16-18-30(19-17-29)39-24-36(25-39)20-10-9-15-32(36)38(22-26-11-5-3-6-12-26)23-27-13-7-4-8-14-27;1-2/h3-8,11-14,16-19,21,32H,2,9-10,15,20,22-25H2,1H3,(H,37,40)(H,41,42);1-2H/t32-;/m1./s1.